The van der Waals surface area contributed by atoms with Crippen molar-refractivity contribution >= 4 is 40.3 Å². The Hall–Kier alpha value is -4.49. The van der Waals surface area contributed by atoms with Crippen molar-refractivity contribution in [2.75, 3.05) is 0 Å². The molecule has 0 saturated heterocycles. The molecule has 1 heterocycles. The summed E-state index contributed by atoms with van der Waals surface area (Å²) in [6.45, 7) is 4.34. The third-order valence-corrected chi connectivity index (χ3v) is 7.14. The fraction of sp³-hybridized carbons (Fsp3) is 0.161. The van der Waals surface area contributed by atoms with E-state index in [0.717, 1.165) is 23.1 Å². The molecule has 1 atom stereocenters. The predicted molar refractivity (Wildman–Crippen MR) is 154 cm³/mol. The SMILES string of the molecule is CCC(C)c1ccc2oc(-c3cccc(N=Cc4cc(Cc5ccccc5Cl)cc([N+](=O)[O-])c4O)c3)nc2c1. The normalized spacial score (nSPS) is 12.3. The van der Waals surface area contributed by atoms with Gasteiger partial charge in [-0.3, -0.25) is 15.1 Å². The second-order valence-corrected chi connectivity index (χ2v) is 9.85. The van der Waals surface area contributed by atoms with Gasteiger partial charge in [0.25, 0.3) is 0 Å². The molecule has 0 spiro atoms. The maximum atomic E-state index is 11.6. The number of nitro benzene ring substituents is 1. The molecule has 1 N–H and O–H groups in total. The van der Waals surface area contributed by atoms with Crippen LogP contribution in [0.15, 0.2) is 88.3 Å². The minimum atomic E-state index is -0.608. The highest BCUT2D eigenvalue weighted by Crippen LogP contribution is 2.33. The Morgan fingerprint density at radius 3 is 2.69 bits per heavy atom. The van der Waals surface area contributed by atoms with Crippen LogP contribution in [-0.4, -0.2) is 21.2 Å². The Morgan fingerprint density at radius 1 is 1.10 bits per heavy atom. The van der Waals surface area contributed by atoms with Gasteiger partial charge in [-0.05, 0) is 77.9 Å². The molecule has 1 aromatic heterocycles. The zero-order valence-electron chi connectivity index (χ0n) is 21.5. The first-order valence-corrected chi connectivity index (χ1v) is 13.0. The van der Waals surface area contributed by atoms with Crippen molar-refractivity contribution in [2.45, 2.75) is 32.6 Å². The predicted octanol–water partition coefficient (Wildman–Crippen LogP) is 8.62. The average molecular weight is 540 g/mol. The quantitative estimate of drug-likeness (QED) is 0.121. The largest absolute Gasteiger partial charge is 0.502 e. The van der Waals surface area contributed by atoms with Gasteiger partial charge in [0.15, 0.2) is 5.58 Å². The number of oxazole rings is 1. The lowest BCUT2D eigenvalue weighted by Crippen LogP contribution is -1.97. The minimum absolute atomic E-state index is 0.232. The van der Waals surface area contributed by atoms with Crippen LogP contribution in [0.4, 0.5) is 11.4 Å². The van der Waals surface area contributed by atoms with Crippen LogP contribution < -0.4 is 0 Å². The van der Waals surface area contributed by atoms with Crippen LogP contribution >= 0.6 is 11.6 Å². The maximum Gasteiger partial charge on any atom is 0.311 e. The number of benzene rings is 4. The molecule has 0 aliphatic heterocycles. The summed E-state index contributed by atoms with van der Waals surface area (Å²) in [7, 11) is 0. The van der Waals surface area contributed by atoms with Crippen LogP contribution in [0.3, 0.4) is 0 Å². The number of phenols is 1. The molecule has 0 radical (unpaired) electrons. The van der Waals surface area contributed by atoms with Crippen molar-refractivity contribution in [3.63, 3.8) is 0 Å². The monoisotopic (exact) mass is 539 g/mol. The second-order valence-electron chi connectivity index (χ2n) is 9.44. The van der Waals surface area contributed by atoms with E-state index >= 15 is 0 Å². The summed E-state index contributed by atoms with van der Waals surface area (Å²) in [5.74, 6) is 0.463. The first-order chi connectivity index (χ1) is 18.8. The summed E-state index contributed by atoms with van der Waals surface area (Å²) in [6.07, 6.45) is 2.83. The highest BCUT2D eigenvalue weighted by Gasteiger charge is 2.19. The average Bonchev–Trinajstić information content (AvgIpc) is 3.37. The molecule has 0 aliphatic carbocycles. The summed E-state index contributed by atoms with van der Waals surface area (Å²) in [5.41, 5.74) is 5.34. The van der Waals surface area contributed by atoms with Crippen molar-refractivity contribution in [2.24, 2.45) is 4.99 Å². The van der Waals surface area contributed by atoms with Gasteiger partial charge in [-0.2, -0.15) is 0 Å². The summed E-state index contributed by atoms with van der Waals surface area (Å²) < 4.78 is 5.99. The molecule has 5 rings (SSSR count). The Morgan fingerprint density at radius 2 is 1.92 bits per heavy atom. The van der Waals surface area contributed by atoms with Gasteiger partial charge in [0, 0.05) is 28.4 Å². The highest BCUT2D eigenvalue weighted by molar-refractivity contribution is 6.31. The van der Waals surface area contributed by atoms with Crippen molar-refractivity contribution < 1.29 is 14.4 Å². The number of phenolic OH excluding ortho intramolecular Hbond substituents is 1. The van der Waals surface area contributed by atoms with E-state index in [1.807, 2.05) is 42.5 Å². The van der Waals surface area contributed by atoms with Crippen molar-refractivity contribution in [3.8, 4) is 17.2 Å². The van der Waals surface area contributed by atoms with Crippen LogP contribution in [0, 0.1) is 10.1 Å². The Bertz CT molecular complexity index is 1710. The number of nitrogens with zero attached hydrogens (tertiary/aromatic N) is 3. The molecule has 0 saturated carbocycles. The van der Waals surface area contributed by atoms with E-state index in [1.54, 1.807) is 18.2 Å². The molecule has 1 unspecified atom stereocenters. The fourth-order valence-corrected chi connectivity index (χ4v) is 4.58. The molecule has 4 aromatic carbocycles. The molecule has 0 fully saturated rings. The number of aromatic nitrogens is 1. The molecule has 8 heteroatoms. The lowest BCUT2D eigenvalue weighted by Gasteiger charge is -2.08. The molecular weight excluding hydrogens is 514 g/mol. The van der Waals surface area contributed by atoms with Crippen LogP contribution in [0.25, 0.3) is 22.6 Å². The van der Waals surface area contributed by atoms with Gasteiger partial charge in [-0.15, -0.1) is 0 Å². The zero-order chi connectivity index (χ0) is 27.5. The van der Waals surface area contributed by atoms with E-state index in [1.165, 1.54) is 17.8 Å². The number of fused-ring (bicyclic) bond motifs is 1. The van der Waals surface area contributed by atoms with Gasteiger partial charge >= 0.3 is 5.69 Å². The third-order valence-electron chi connectivity index (χ3n) is 6.77. The second kappa shape index (κ2) is 11.1. The van der Waals surface area contributed by atoms with Gasteiger partial charge in [0.05, 0.1) is 10.6 Å². The van der Waals surface area contributed by atoms with Crippen LogP contribution in [0.1, 0.15) is 48.4 Å². The summed E-state index contributed by atoms with van der Waals surface area (Å²) in [6, 6.07) is 23.7. The smallest absolute Gasteiger partial charge is 0.311 e. The maximum absolute atomic E-state index is 11.6. The number of rotatable bonds is 8. The molecule has 7 nitrogen and oxygen atoms in total. The standard InChI is InChI=1S/C31H26ClN3O4/c1-3-19(2)21-11-12-29-27(17-21)34-31(39-29)23-8-6-9-25(16-23)33-18-24-14-20(15-28(30(24)36)35(37)38)13-22-7-4-5-10-26(22)32/h4-12,14-19,36H,3,13H2,1-2H3. The number of aromatic hydroxyl groups is 1. The van der Waals surface area contributed by atoms with Crippen molar-refractivity contribution in [3.05, 3.63) is 116 Å². The van der Waals surface area contributed by atoms with Gasteiger partial charge in [0.1, 0.15) is 5.52 Å². The Kier molecular flexibility index (Phi) is 7.43. The topological polar surface area (TPSA) is 102 Å². The van der Waals surface area contributed by atoms with E-state index in [-0.39, 0.29) is 5.56 Å². The summed E-state index contributed by atoms with van der Waals surface area (Å²) in [4.78, 5) is 20.2. The number of aliphatic imine (C=N–C) groups is 1. The van der Waals surface area contributed by atoms with E-state index < -0.39 is 16.4 Å². The lowest BCUT2D eigenvalue weighted by molar-refractivity contribution is -0.385. The van der Waals surface area contributed by atoms with Gasteiger partial charge in [-0.25, -0.2) is 4.98 Å². The van der Waals surface area contributed by atoms with Gasteiger partial charge in [-0.1, -0.05) is 55.8 Å². The number of hydrogen-bond donors (Lipinski definition) is 1. The van der Waals surface area contributed by atoms with Crippen molar-refractivity contribution in [1.29, 1.82) is 0 Å². The van der Waals surface area contributed by atoms with E-state index in [0.29, 0.717) is 40.1 Å². The molecule has 0 aliphatic rings. The molecule has 196 valence electrons. The zero-order valence-corrected chi connectivity index (χ0v) is 22.2. The number of hydrogen-bond acceptors (Lipinski definition) is 6. The van der Waals surface area contributed by atoms with Gasteiger partial charge < -0.3 is 9.52 Å². The third kappa shape index (κ3) is 5.68. The number of halogens is 1. The van der Waals surface area contributed by atoms with Crippen LogP contribution in [0.2, 0.25) is 5.02 Å². The molecular formula is C31H26ClN3O4. The highest BCUT2D eigenvalue weighted by atomic mass is 35.5. The van der Waals surface area contributed by atoms with Crippen LogP contribution in [0.5, 0.6) is 5.75 Å². The van der Waals surface area contributed by atoms with E-state index in [2.05, 4.69) is 36.0 Å². The summed E-state index contributed by atoms with van der Waals surface area (Å²) in [5, 5.41) is 22.8. The summed E-state index contributed by atoms with van der Waals surface area (Å²) >= 11 is 6.29. The van der Waals surface area contributed by atoms with E-state index in [9.17, 15) is 15.2 Å². The van der Waals surface area contributed by atoms with E-state index in [4.69, 9.17) is 16.0 Å². The Balaban J connectivity index is 1.45. The first kappa shape index (κ1) is 26.1. The first-order valence-electron chi connectivity index (χ1n) is 12.6. The van der Waals surface area contributed by atoms with Crippen LogP contribution in [-0.2, 0) is 6.42 Å². The fourth-order valence-electron chi connectivity index (χ4n) is 4.38. The molecule has 39 heavy (non-hydrogen) atoms. The molecule has 5 aromatic rings. The molecule has 0 amide bonds. The minimum Gasteiger partial charge on any atom is -0.502 e. The lowest BCUT2D eigenvalue weighted by atomic mass is 9.98. The van der Waals surface area contributed by atoms with Gasteiger partial charge in [0.2, 0.25) is 11.6 Å². The molecule has 0 bridgehead atoms. The van der Waals surface area contributed by atoms with Crippen molar-refractivity contribution in [1.82, 2.24) is 4.98 Å². The Labute approximate surface area is 230 Å². The number of nitro groups is 1.